The molecule has 1 saturated heterocycles. The van der Waals surface area contributed by atoms with Crippen LogP contribution >= 0.6 is 0 Å². The molecule has 1 aliphatic rings. The van der Waals surface area contributed by atoms with Crippen molar-refractivity contribution in [1.29, 1.82) is 0 Å². The van der Waals surface area contributed by atoms with Gasteiger partial charge in [-0.1, -0.05) is 0 Å². The second-order valence-electron chi connectivity index (χ2n) is 5.95. The van der Waals surface area contributed by atoms with E-state index in [0.717, 1.165) is 31.7 Å². The van der Waals surface area contributed by atoms with Crippen LogP contribution in [0, 0.1) is 0 Å². The summed E-state index contributed by atoms with van der Waals surface area (Å²) in [5.41, 5.74) is 6.26. The predicted octanol–water partition coefficient (Wildman–Crippen LogP) is 1.15. The summed E-state index contributed by atoms with van der Waals surface area (Å²) in [7, 11) is 1.64. The Balaban J connectivity index is 1.82. The van der Waals surface area contributed by atoms with E-state index in [2.05, 4.69) is 25.3 Å². The summed E-state index contributed by atoms with van der Waals surface area (Å²) < 4.78 is 6.78. The Morgan fingerprint density at radius 3 is 2.84 bits per heavy atom. The zero-order valence-corrected chi connectivity index (χ0v) is 14.3. The van der Waals surface area contributed by atoms with Crippen LogP contribution in [0.5, 0.6) is 0 Å². The highest BCUT2D eigenvalue weighted by Gasteiger charge is 2.18. The number of carbonyl (C=O) groups is 1. The van der Waals surface area contributed by atoms with E-state index in [1.165, 1.54) is 6.42 Å². The predicted molar refractivity (Wildman–Crippen MR) is 94.0 cm³/mol. The maximum absolute atomic E-state index is 11.7. The summed E-state index contributed by atoms with van der Waals surface area (Å²) in [6.07, 6.45) is 8.59. The maximum Gasteiger partial charge on any atom is 0.271 e. The van der Waals surface area contributed by atoms with E-state index < -0.39 is 5.91 Å². The fourth-order valence-corrected chi connectivity index (χ4v) is 2.79. The van der Waals surface area contributed by atoms with Crippen LogP contribution in [-0.4, -0.2) is 52.5 Å². The summed E-state index contributed by atoms with van der Waals surface area (Å²) in [4.78, 5) is 22.6. The number of methoxy groups -OCH3 is 1. The molecular formula is C16H23N7O2. The molecule has 0 bridgehead atoms. The Morgan fingerprint density at radius 1 is 1.32 bits per heavy atom. The van der Waals surface area contributed by atoms with Crippen molar-refractivity contribution in [1.82, 2.24) is 19.7 Å². The SMILES string of the molecule is COCCn1cc(Nc2nc(N3CCCCC3)cnc2C(N)=O)cn1. The Morgan fingerprint density at radius 2 is 2.12 bits per heavy atom. The summed E-state index contributed by atoms with van der Waals surface area (Å²) in [5.74, 6) is 0.479. The molecule has 134 valence electrons. The smallest absolute Gasteiger partial charge is 0.271 e. The van der Waals surface area contributed by atoms with Crippen molar-refractivity contribution < 1.29 is 9.53 Å². The van der Waals surface area contributed by atoms with Gasteiger partial charge in [-0.2, -0.15) is 5.10 Å². The molecule has 0 aromatic carbocycles. The summed E-state index contributed by atoms with van der Waals surface area (Å²) >= 11 is 0. The third kappa shape index (κ3) is 4.24. The molecule has 3 heterocycles. The summed E-state index contributed by atoms with van der Waals surface area (Å²) in [5, 5.41) is 7.34. The molecule has 2 aromatic heterocycles. The van der Waals surface area contributed by atoms with E-state index in [-0.39, 0.29) is 5.69 Å². The monoisotopic (exact) mass is 345 g/mol. The number of piperidine rings is 1. The number of aromatic nitrogens is 4. The Kier molecular flexibility index (Phi) is 5.44. The van der Waals surface area contributed by atoms with Crippen LogP contribution in [0.1, 0.15) is 29.8 Å². The van der Waals surface area contributed by atoms with Crippen LogP contribution in [0.15, 0.2) is 18.6 Å². The molecule has 1 amide bonds. The lowest BCUT2D eigenvalue weighted by atomic mass is 10.1. The molecular weight excluding hydrogens is 322 g/mol. The van der Waals surface area contributed by atoms with Gasteiger partial charge in [-0.15, -0.1) is 0 Å². The van der Waals surface area contributed by atoms with Crippen LogP contribution in [0.3, 0.4) is 0 Å². The first-order valence-electron chi connectivity index (χ1n) is 8.37. The van der Waals surface area contributed by atoms with Gasteiger partial charge in [-0.05, 0) is 19.3 Å². The van der Waals surface area contributed by atoms with E-state index in [1.807, 2.05) is 6.20 Å². The van der Waals surface area contributed by atoms with Crippen LogP contribution in [0.25, 0.3) is 0 Å². The quantitative estimate of drug-likeness (QED) is 0.774. The van der Waals surface area contributed by atoms with Gasteiger partial charge in [0.15, 0.2) is 11.5 Å². The first-order valence-corrected chi connectivity index (χ1v) is 8.37. The van der Waals surface area contributed by atoms with E-state index >= 15 is 0 Å². The highest BCUT2D eigenvalue weighted by atomic mass is 16.5. The normalized spacial score (nSPS) is 14.5. The van der Waals surface area contributed by atoms with Crippen LogP contribution in [0.2, 0.25) is 0 Å². The number of hydrogen-bond acceptors (Lipinski definition) is 7. The minimum atomic E-state index is -0.619. The minimum absolute atomic E-state index is 0.116. The molecule has 1 fully saturated rings. The van der Waals surface area contributed by atoms with Crippen molar-refractivity contribution in [3.63, 3.8) is 0 Å². The van der Waals surface area contributed by atoms with Crippen molar-refractivity contribution in [2.24, 2.45) is 5.73 Å². The van der Waals surface area contributed by atoms with Crippen molar-refractivity contribution in [3.8, 4) is 0 Å². The average molecular weight is 345 g/mol. The molecule has 9 nitrogen and oxygen atoms in total. The van der Waals surface area contributed by atoms with Crippen molar-refractivity contribution in [3.05, 3.63) is 24.3 Å². The summed E-state index contributed by atoms with van der Waals surface area (Å²) in [6.45, 7) is 3.09. The third-order valence-electron chi connectivity index (χ3n) is 4.09. The molecule has 0 aliphatic carbocycles. The van der Waals surface area contributed by atoms with Gasteiger partial charge in [0.05, 0.1) is 31.2 Å². The number of hydrogen-bond donors (Lipinski definition) is 2. The number of primary amides is 1. The highest BCUT2D eigenvalue weighted by Crippen LogP contribution is 2.22. The minimum Gasteiger partial charge on any atom is -0.383 e. The molecule has 1 aliphatic heterocycles. The van der Waals surface area contributed by atoms with E-state index in [1.54, 1.807) is 24.2 Å². The second-order valence-corrected chi connectivity index (χ2v) is 5.95. The lowest BCUT2D eigenvalue weighted by Gasteiger charge is -2.27. The molecule has 3 N–H and O–H groups in total. The van der Waals surface area contributed by atoms with Gasteiger partial charge in [0.2, 0.25) is 0 Å². The van der Waals surface area contributed by atoms with Crippen molar-refractivity contribution >= 4 is 23.2 Å². The Labute approximate surface area is 146 Å². The van der Waals surface area contributed by atoms with E-state index in [4.69, 9.17) is 10.5 Å². The highest BCUT2D eigenvalue weighted by molar-refractivity contribution is 5.96. The van der Waals surface area contributed by atoms with E-state index in [9.17, 15) is 4.79 Å². The number of carbonyl (C=O) groups excluding carboxylic acids is 1. The van der Waals surface area contributed by atoms with Gasteiger partial charge in [-0.3, -0.25) is 9.48 Å². The fourth-order valence-electron chi connectivity index (χ4n) is 2.79. The number of nitrogens with two attached hydrogens (primary N) is 1. The number of amides is 1. The van der Waals surface area contributed by atoms with Gasteiger partial charge in [-0.25, -0.2) is 9.97 Å². The number of rotatable bonds is 7. The Bertz CT molecular complexity index is 725. The second kappa shape index (κ2) is 7.93. The molecule has 0 saturated carbocycles. The van der Waals surface area contributed by atoms with Gasteiger partial charge in [0.25, 0.3) is 5.91 Å². The standard InChI is InChI=1S/C16H23N7O2/c1-25-8-7-23-11-12(9-19-23)20-16-14(15(17)24)18-10-13(21-16)22-5-3-2-4-6-22/h9-11H,2-8H2,1H3,(H2,17,24)(H,20,21). The molecule has 0 atom stereocenters. The van der Waals surface area contributed by atoms with Crippen molar-refractivity contribution in [2.45, 2.75) is 25.8 Å². The third-order valence-corrected chi connectivity index (χ3v) is 4.09. The van der Waals surface area contributed by atoms with Crippen LogP contribution < -0.4 is 16.0 Å². The summed E-state index contributed by atoms with van der Waals surface area (Å²) in [6, 6.07) is 0. The van der Waals surface area contributed by atoms with Gasteiger partial charge in [0, 0.05) is 26.4 Å². The van der Waals surface area contributed by atoms with E-state index in [0.29, 0.717) is 24.7 Å². The van der Waals surface area contributed by atoms with Crippen molar-refractivity contribution in [2.75, 3.05) is 37.0 Å². The number of nitrogens with zero attached hydrogens (tertiary/aromatic N) is 5. The zero-order chi connectivity index (χ0) is 17.6. The molecule has 9 heteroatoms. The van der Waals surface area contributed by atoms with Gasteiger partial charge < -0.3 is 20.7 Å². The largest absolute Gasteiger partial charge is 0.383 e. The fraction of sp³-hybridized carbons (Fsp3) is 0.500. The molecule has 0 unspecified atom stereocenters. The van der Waals surface area contributed by atoms with Gasteiger partial charge >= 0.3 is 0 Å². The van der Waals surface area contributed by atoms with Gasteiger partial charge in [0.1, 0.15) is 5.82 Å². The topological polar surface area (TPSA) is 111 Å². The molecule has 0 spiro atoms. The molecule has 2 aromatic rings. The lowest BCUT2D eigenvalue weighted by Crippen LogP contribution is -2.30. The maximum atomic E-state index is 11.7. The number of ether oxygens (including phenoxy) is 1. The lowest BCUT2D eigenvalue weighted by molar-refractivity contribution is 0.0996. The molecule has 3 rings (SSSR count). The average Bonchev–Trinajstić information content (AvgIpc) is 3.08. The zero-order valence-electron chi connectivity index (χ0n) is 14.3. The molecule has 25 heavy (non-hydrogen) atoms. The van der Waals surface area contributed by atoms with Crippen LogP contribution in [0.4, 0.5) is 17.3 Å². The van der Waals surface area contributed by atoms with Crippen LogP contribution in [-0.2, 0) is 11.3 Å². The number of anilines is 3. The first kappa shape index (κ1) is 17.2. The molecule has 0 radical (unpaired) electrons. The first-order chi connectivity index (χ1) is 12.2. The number of nitrogens with one attached hydrogen (secondary N) is 1. The Hall–Kier alpha value is -2.68.